The summed E-state index contributed by atoms with van der Waals surface area (Å²) in [5.41, 5.74) is 3.57. The third-order valence-corrected chi connectivity index (χ3v) is 4.87. The SMILES string of the molecule is CN=C(NCc1ccc(OC)cc1OC)NCc1ccc(C)cc1SC. The van der Waals surface area contributed by atoms with E-state index in [1.54, 1.807) is 33.0 Å². The molecule has 2 N–H and O–H groups in total. The zero-order valence-electron chi connectivity index (χ0n) is 16.1. The first kappa shape index (κ1) is 20.0. The number of nitrogens with one attached hydrogen (secondary N) is 2. The fourth-order valence-electron chi connectivity index (χ4n) is 2.57. The van der Waals surface area contributed by atoms with E-state index in [1.165, 1.54) is 16.0 Å². The molecule has 0 aromatic heterocycles. The van der Waals surface area contributed by atoms with Gasteiger partial charge in [-0.15, -0.1) is 11.8 Å². The summed E-state index contributed by atoms with van der Waals surface area (Å²) >= 11 is 1.76. The van der Waals surface area contributed by atoms with Crippen LogP contribution in [0.5, 0.6) is 11.5 Å². The van der Waals surface area contributed by atoms with Crippen LogP contribution >= 0.6 is 11.8 Å². The van der Waals surface area contributed by atoms with Gasteiger partial charge in [-0.25, -0.2) is 0 Å². The van der Waals surface area contributed by atoms with Crippen molar-refractivity contribution < 1.29 is 9.47 Å². The molecule has 0 atom stereocenters. The molecule has 2 aromatic carbocycles. The van der Waals surface area contributed by atoms with E-state index in [9.17, 15) is 0 Å². The molecule has 5 nitrogen and oxygen atoms in total. The first-order valence-electron chi connectivity index (χ1n) is 8.40. The van der Waals surface area contributed by atoms with Crippen LogP contribution in [0.3, 0.4) is 0 Å². The van der Waals surface area contributed by atoms with Crippen LogP contribution < -0.4 is 20.1 Å². The van der Waals surface area contributed by atoms with Crippen molar-refractivity contribution in [1.82, 2.24) is 10.6 Å². The lowest BCUT2D eigenvalue weighted by Gasteiger charge is -2.15. The Morgan fingerprint density at radius 2 is 1.69 bits per heavy atom. The van der Waals surface area contributed by atoms with E-state index >= 15 is 0 Å². The number of hydrogen-bond donors (Lipinski definition) is 2. The van der Waals surface area contributed by atoms with Crippen molar-refractivity contribution >= 4 is 17.7 Å². The molecule has 2 rings (SSSR count). The largest absolute Gasteiger partial charge is 0.497 e. The van der Waals surface area contributed by atoms with Crippen molar-refractivity contribution in [1.29, 1.82) is 0 Å². The van der Waals surface area contributed by atoms with E-state index in [0.717, 1.165) is 29.6 Å². The van der Waals surface area contributed by atoms with Gasteiger partial charge in [-0.05, 0) is 42.5 Å². The predicted octanol–water partition coefficient (Wildman–Crippen LogP) is 3.60. The summed E-state index contributed by atoms with van der Waals surface area (Å²) in [6, 6.07) is 12.3. The number of thioether (sulfide) groups is 1. The van der Waals surface area contributed by atoms with Crippen LogP contribution in [-0.2, 0) is 13.1 Å². The second-order valence-corrected chi connectivity index (χ2v) is 6.62. The number of aliphatic imine (C=N–C) groups is 1. The predicted molar refractivity (Wildman–Crippen MR) is 110 cm³/mol. The van der Waals surface area contributed by atoms with Gasteiger partial charge in [0, 0.05) is 36.7 Å². The number of guanidine groups is 1. The normalized spacial score (nSPS) is 11.2. The maximum atomic E-state index is 5.44. The van der Waals surface area contributed by atoms with Gasteiger partial charge in [0.25, 0.3) is 0 Å². The molecule has 0 aliphatic heterocycles. The van der Waals surface area contributed by atoms with Crippen LogP contribution in [0.25, 0.3) is 0 Å². The van der Waals surface area contributed by atoms with Crippen molar-refractivity contribution in [3.63, 3.8) is 0 Å². The Labute approximate surface area is 160 Å². The number of benzene rings is 2. The van der Waals surface area contributed by atoms with Crippen LogP contribution in [0.15, 0.2) is 46.3 Å². The Hall–Kier alpha value is -2.34. The molecule has 0 radical (unpaired) electrons. The highest BCUT2D eigenvalue weighted by Gasteiger charge is 2.07. The Bertz CT molecular complexity index is 763. The van der Waals surface area contributed by atoms with Crippen LogP contribution in [-0.4, -0.2) is 33.5 Å². The Morgan fingerprint density at radius 1 is 1.00 bits per heavy atom. The maximum Gasteiger partial charge on any atom is 0.191 e. The molecule has 0 bridgehead atoms. The van der Waals surface area contributed by atoms with E-state index in [-0.39, 0.29) is 0 Å². The lowest BCUT2D eigenvalue weighted by atomic mass is 10.1. The fraction of sp³-hybridized carbons (Fsp3) is 0.350. The third kappa shape index (κ3) is 5.33. The molecule has 0 aliphatic carbocycles. The molecule has 140 valence electrons. The van der Waals surface area contributed by atoms with Crippen molar-refractivity contribution in [2.75, 3.05) is 27.5 Å². The number of aryl methyl sites for hydroxylation is 1. The van der Waals surface area contributed by atoms with E-state index in [0.29, 0.717) is 6.54 Å². The van der Waals surface area contributed by atoms with Gasteiger partial charge in [0.05, 0.1) is 14.2 Å². The van der Waals surface area contributed by atoms with E-state index < -0.39 is 0 Å². The first-order chi connectivity index (χ1) is 12.6. The Kier molecular flexibility index (Phi) is 7.66. The highest BCUT2D eigenvalue weighted by Crippen LogP contribution is 2.24. The first-order valence-corrected chi connectivity index (χ1v) is 9.62. The molecule has 2 aromatic rings. The summed E-state index contributed by atoms with van der Waals surface area (Å²) in [7, 11) is 5.07. The van der Waals surface area contributed by atoms with Crippen molar-refractivity contribution in [2.24, 2.45) is 4.99 Å². The molecular formula is C20H27N3O2S. The Balaban J connectivity index is 1.98. The van der Waals surface area contributed by atoms with Gasteiger partial charge in [0.1, 0.15) is 11.5 Å². The monoisotopic (exact) mass is 373 g/mol. The van der Waals surface area contributed by atoms with Gasteiger partial charge in [-0.1, -0.05) is 12.1 Å². The zero-order valence-corrected chi connectivity index (χ0v) is 16.9. The molecule has 0 spiro atoms. The zero-order chi connectivity index (χ0) is 18.9. The minimum absolute atomic E-state index is 0.607. The molecule has 26 heavy (non-hydrogen) atoms. The van der Waals surface area contributed by atoms with Gasteiger partial charge >= 0.3 is 0 Å². The molecule has 0 saturated carbocycles. The highest BCUT2D eigenvalue weighted by molar-refractivity contribution is 7.98. The second kappa shape index (κ2) is 9.97. The van der Waals surface area contributed by atoms with Crippen molar-refractivity contribution in [3.05, 3.63) is 53.1 Å². The minimum Gasteiger partial charge on any atom is -0.497 e. The van der Waals surface area contributed by atoms with Crippen LogP contribution in [0.1, 0.15) is 16.7 Å². The molecule has 0 heterocycles. The highest BCUT2D eigenvalue weighted by atomic mass is 32.2. The van der Waals surface area contributed by atoms with Gasteiger partial charge in [0.2, 0.25) is 0 Å². The maximum absolute atomic E-state index is 5.44. The summed E-state index contributed by atoms with van der Waals surface area (Å²) in [5, 5.41) is 6.70. The summed E-state index contributed by atoms with van der Waals surface area (Å²) < 4.78 is 10.7. The topological polar surface area (TPSA) is 54.9 Å². The second-order valence-electron chi connectivity index (χ2n) is 5.77. The average Bonchev–Trinajstić information content (AvgIpc) is 2.68. The smallest absolute Gasteiger partial charge is 0.191 e. The van der Waals surface area contributed by atoms with Crippen LogP contribution in [0.2, 0.25) is 0 Å². The number of nitrogens with zero attached hydrogens (tertiary/aromatic N) is 1. The summed E-state index contributed by atoms with van der Waals surface area (Å²) in [5.74, 6) is 2.31. The number of ether oxygens (including phenoxy) is 2. The standard InChI is InChI=1S/C20H27N3O2S/c1-14-6-7-16(19(10-14)26-5)13-23-20(21-2)22-12-15-8-9-17(24-3)11-18(15)25-4/h6-11H,12-13H2,1-5H3,(H2,21,22,23). The minimum atomic E-state index is 0.607. The lowest BCUT2D eigenvalue weighted by molar-refractivity contribution is 0.390. The molecule has 0 aliphatic rings. The molecule has 6 heteroatoms. The van der Waals surface area contributed by atoms with E-state index in [1.807, 2.05) is 18.2 Å². The van der Waals surface area contributed by atoms with E-state index in [4.69, 9.17) is 9.47 Å². The van der Waals surface area contributed by atoms with Gasteiger partial charge in [-0.2, -0.15) is 0 Å². The number of hydrogen-bond acceptors (Lipinski definition) is 4. The molecular weight excluding hydrogens is 346 g/mol. The quantitative estimate of drug-likeness (QED) is 0.441. The van der Waals surface area contributed by atoms with Crippen LogP contribution in [0, 0.1) is 6.92 Å². The number of methoxy groups -OCH3 is 2. The Morgan fingerprint density at radius 3 is 2.31 bits per heavy atom. The summed E-state index contributed by atoms with van der Waals surface area (Å²) in [6.45, 7) is 3.44. The van der Waals surface area contributed by atoms with Crippen LogP contribution in [0.4, 0.5) is 0 Å². The average molecular weight is 374 g/mol. The molecule has 0 saturated heterocycles. The van der Waals surface area contributed by atoms with Crippen molar-refractivity contribution in [3.8, 4) is 11.5 Å². The van der Waals surface area contributed by atoms with Gasteiger partial charge in [-0.3, -0.25) is 4.99 Å². The molecule has 0 unspecified atom stereocenters. The number of rotatable bonds is 7. The third-order valence-electron chi connectivity index (χ3n) is 4.05. The van der Waals surface area contributed by atoms with Gasteiger partial charge < -0.3 is 20.1 Å². The molecule has 0 amide bonds. The van der Waals surface area contributed by atoms with E-state index in [2.05, 4.69) is 47.0 Å². The molecule has 0 fully saturated rings. The fourth-order valence-corrected chi connectivity index (χ4v) is 3.28. The summed E-state index contributed by atoms with van der Waals surface area (Å²) in [4.78, 5) is 5.58. The lowest BCUT2D eigenvalue weighted by Crippen LogP contribution is -2.36. The van der Waals surface area contributed by atoms with Crippen molar-refractivity contribution in [2.45, 2.75) is 24.9 Å². The summed E-state index contributed by atoms with van der Waals surface area (Å²) in [6.07, 6.45) is 2.10. The van der Waals surface area contributed by atoms with Gasteiger partial charge in [0.15, 0.2) is 5.96 Å².